The quantitative estimate of drug-likeness (QED) is 0.200. The summed E-state index contributed by atoms with van der Waals surface area (Å²) in [6.07, 6.45) is 11.1. The molecule has 0 saturated carbocycles. The van der Waals surface area contributed by atoms with E-state index in [-0.39, 0.29) is 5.78 Å². The fourth-order valence-electron chi connectivity index (χ4n) is 6.20. The first-order valence-electron chi connectivity index (χ1n) is 13.3. The van der Waals surface area contributed by atoms with E-state index in [0.717, 1.165) is 55.3 Å². The smallest absolute Gasteiger partial charge is 0.346 e. The fourth-order valence-corrected chi connectivity index (χ4v) is 6.20. The Morgan fingerprint density at radius 3 is 1.72 bits per heavy atom. The summed E-state index contributed by atoms with van der Waals surface area (Å²) in [6, 6.07) is 7.78. The molecular formula is C30H30N6O3. The molecule has 39 heavy (non-hydrogen) atoms. The molecule has 3 aromatic heterocycles. The summed E-state index contributed by atoms with van der Waals surface area (Å²) in [5, 5.41) is 2.00. The van der Waals surface area contributed by atoms with Crippen LogP contribution in [-0.4, -0.2) is 40.4 Å². The second kappa shape index (κ2) is 8.88. The number of hydrogen-bond donors (Lipinski definition) is 6. The first-order chi connectivity index (χ1) is 19.1. The maximum absolute atomic E-state index is 13.9. The average molecular weight is 523 g/mol. The zero-order chi connectivity index (χ0) is 26.7. The molecule has 4 heterocycles. The number of H-pyrrole nitrogens is 3. The van der Waals surface area contributed by atoms with Gasteiger partial charge in [-0.2, -0.15) is 0 Å². The highest BCUT2D eigenvalue weighted by molar-refractivity contribution is 6.12. The third-order valence-electron chi connectivity index (χ3n) is 7.83. The van der Waals surface area contributed by atoms with Crippen LogP contribution in [0, 0.1) is 0 Å². The van der Waals surface area contributed by atoms with Crippen LogP contribution in [0.4, 0.5) is 0 Å². The number of nitrogens with two attached hydrogens (primary N) is 3. The van der Waals surface area contributed by atoms with Gasteiger partial charge in [0, 0.05) is 51.5 Å². The third kappa shape index (κ3) is 3.34. The topological polar surface area (TPSA) is 161 Å². The van der Waals surface area contributed by atoms with Crippen molar-refractivity contribution in [1.82, 2.24) is 15.0 Å². The SMILES string of the molecule is NCCc1c[nH]c2c1C1(Oc3ccc4[nH]cc(CCN)c4c3-c3c(ccc4[nH]cc(CCN)c34)O1)C(=O)C=C2. The maximum atomic E-state index is 13.9. The lowest BCUT2D eigenvalue weighted by atomic mass is 9.91. The van der Waals surface area contributed by atoms with Crippen molar-refractivity contribution in [3.05, 3.63) is 76.9 Å². The second-order valence-electron chi connectivity index (χ2n) is 10.1. The van der Waals surface area contributed by atoms with Crippen LogP contribution in [-0.2, 0) is 29.8 Å². The molecule has 2 aromatic carbocycles. The second-order valence-corrected chi connectivity index (χ2v) is 10.1. The average Bonchev–Trinajstić information content (AvgIpc) is 3.63. The largest absolute Gasteiger partial charge is 0.441 e. The molecule has 0 fully saturated rings. The molecule has 0 radical (unpaired) electrons. The molecule has 0 bridgehead atoms. The Kier molecular flexibility index (Phi) is 5.41. The van der Waals surface area contributed by atoms with Crippen LogP contribution in [0.2, 0.25) is 0 Å². The number of ether oxygens (including phenoxy) is 2. The van der Waals surface area contributed by atoms with E-state index in [9.17, 15) is 4.79 Å². The molecule has 9 heteroatoms. The van der Waals surface area contributed by atoms with Gasteiger partial charge < -0.3 is 41.6 Å². The standard InChI is InChI=1S/C30H30N6O3/c31-10-7-16-13-34-19-1-4-22-27(25(16)19)28-23(5-2-20-26(28)17(8-11-32)14-35-20)39-30(38-22)24(37)6-3-21-29(30)18(9-12-33)15-36-21/h1-6,13-15,34-36H,7-12,31-33H2. The van der Waals surface area contributed by atoms with E-state index in [4.69, 9.17) is 26.7 Å². The molecular weight excluding hydrogens is 492 g/mol. The normalized spacial score (nSPS) is 15.2. The summed E-state index contributed by atoms with van der Waals surface area (Å²) >= 11 is 0. The van der Waals surface area contributed by atoms with Crippen molar-refractivity contribution in [1.29, 1.82) is 0 Å². The summed E-state index contributed by atoms with van der Waals surface area (Å²) in [6.45, 7) is 1.41. The first kappa shape index (κ1) is 23.8. The molecule has 0 unspecified atom stereocenters. The third-order valence-corrected chi connectivity index (χ3v) is 7.83. The number of carbonyl (C=O) groups excluding carboxylic acids is 1. The van der Waals surface area contributed by atoms with Gasteiger partial charge in [0.25, 0.3) is 0 Å². The summed E-state index contributed by atoms with van der Waals surface area (Å²) in [5.41, 5.74) is 26.1. The minimum atomic E-state index is -1.72. The number of ketones is 1. The van der Waals surface area contributed by atoms with Gasteiger partial charge in [-0.25, -0.2) is 0 Å². The van der Waals surface area contributed by atoms with Crippen LogP contribution in [0.1, 0.15) is 27.9 Å². The van der Waals surface area contributed by atoms with Crippen LogP contribution in [0.25, 0.3) is 39.0 Å². The number of benzene rings is 2. The number of rotatable bonds is 6. The monoisotopic (exact) mass is 522 g/mol. The first-order valence-corrected chi connectivity index (χ1v) is 13.3. The molecule has 1 aliphatic carbocycles. The Labute approximate surface area is 224 Å². The molecule has 2 aliphatic rings. The number of fused-ring (bicyclic) bond motifs is 9. The molecule has 198 valence electrons. The summed E-state index contributed by atoms with van der Waals surface area (Å²) in [5.74, 6) is -0.897. The molecule has 9 N–H and O–H groups in total. The zero-order valence-corrected chi connectivity index (χ0v) is 21.4. The molecule has 5 aromatic rings. The van der Waals surface area contributed by atoms with Crippen LogP contribution < -0.4 is 26.7 Å². The van der Waals surface area contributed by atoms with Gasteiger partial charge >= 0.3 is 5.79 Å². The van der Waals surface area contributed by atoms with E-state index in [2.05, 4.69) is 15.0 Å². The van der Waals surface area contributed by atoms with Crippen LogP contribution in [0.15, 0.2) is 48.9 Å². The van der Waals surface area contributed by atoms with Crippen LogP contribution in [0.5, 0.6) is 11.5 Å². The van der Waals surface area contributed by atoms with Crippen LogP contribution >= 0.6 is 0 Å². The Morgan fingerprint density at radius 2 is 1.18 bits per heavy atom. The van der Waals surface area contributed by atoms with Crippen LogP contribution in [0.3, 0.4) is 0 Å². The Morgan fingerprint density at radius 1 is 0.667 bits per heavy atom. The highest BCUT2D eigenvalue weighted by Gasteiger charge is 2.52. The number of nitrogens with one attached hydrogen (secondary N) is 3. The minimum Gasteiger partial charge on any atom is -0.441 e. The van der Waals surface area contributed by atoms with E-state index in [1.165, 1.54) is 6.08 Å². The summed E-state index contributed by atoms with van der Waals surface area (Å²) < 4.78 is 13.6. The number of aromatic amines is 3. The Balaban J connectivity index is 1.61. The zero-order valence-electron chi connectivity index (χ0n) is 21.4. The molecule has 0 amide bonds. The number of hydrogen-bond acceptors (Lipinski definition) is 6. The van der Waals surface area contributed by atoms with Gasteiger partial charge in [-0.3, -0.25) is 4.79 Å². The lowest BCUT2D eigenvalue weighted by Gasteiger charge is -2.34. The molecule has 1 spiro atoms. The van der Waals surface area contributed by atoms with Crippen molar-refractivity contribution in [2.45, 2.75) is 25.0 Å². The maximum Gasteiger partial charge on any atom is 0.346 e. The lowest BCUT2D eigenvalue weighted by Crippen LogP contribution is -2.48. The van der Waals surface area contributed by atoms with E-state index >= 15 is 0 Å². The Hall–Kier alpha value is -4.31. The molecule has 7 rings (SSSR count). The van der Waals surface area contributed by atoms with Gasteiger partial charge in [0.05, 0.1) is 11.3 Å². The van der Waals surface area contributed by atoms with Crippen molar-refractivity contribution in [3.8, 4) is 22.6 Å². The van der Waals surface area contributed by atoms with Crippen molar-refractivity contribution in [3.63, 3.8) is 0 Å². The fraction of sp³-hybridized carbons (Fsp3) is 0.233. The van der Waals surface area contributed by atoms with Gasteiger partial charge in [0.2, 0.25) is 5.78 Å². The van der Waals surface area contributed by atoms with Gasteiger partial charge in [-0.1, -0.05) is 0 Å². The van der Waals surface area contributed by atoms with Gasteiger partial charge in [-0.05, 0) is 92.0 Å². The number of aromatic nitrogens is 3. The highest BCUT2D eigenvalue weighted by Crippen LogP contribution is 2.53. The van der Waals surface area contributed by atoms with E-state index in [1.807, 2.05) is 42.9 Å². The minimum absolute atomic E-state index is 0.292. The Bertz CT molecular complexity index is 1700. The van der Waals surface area contributed by atoms with Crippen molar-refractivity contribution in [2.24, 2.45) is 17.2 Å². The predicted molar refractivity (Wildman–Crippen MR) is 152 cm³/mol. The van der Waals surface area contributed by atoms with Gasteiger partial charge in [0.1, 0.15) is 11.5 Å². The predicted octanol–water partition coefficient (Wildman–Crippen LogP) is 3.37. The molecule has 1 aliphatic heterocycles. The van der Waals surface area contributed by atoms with Gasteiger partial charge in [0.15, 0.2) is 0 Å². The lowest BCUT2D eigenvalue weighted by molar-refractivity contribution is -0.161. The van der Waals surface area contributed by atoms with E-state index < -0.39 is 5.79 Å². The highest BCUT2D eigenvalue weighted by atomic mass is 16.7. The van der Waals surface area contributed by atoms with Crippen molar-refractivity contribution >= 4 is 33.7 Å². The van der Waals surface area contributed by atoms with E-state index in [0.29, 0.717) is 56.0 Å². The summed E-state index contributed by atoms with van der Waals surface area (Å²) in [7, 11) is 0. The molecule has 9 nitrogen and oxygen atoms in total. The van der Waals surface area contributed by atoms with Crippen molar-refractivity contribution in [2.75, 3.05) is 19.6 Å². The van der Waals surface area contributed by atoms with E-state index in [1.54, 1.807) is 6.08 Å². The van der Waals surface area contributed by atoms with Crippen molar-refractivity contribution < 1.29 is 14.3 Å². The molecule has 0 saturated heterocycles. The van der Waals surface area contributed by atoms with Gasteiger partial charge in [-0.15, -0.1) is 0 Å². The number of carbonyl (C=O) groups is 1. The summed E-state index contributed by atoms with van der Waals surface area (Å²) in [4.78, 5) is 24.0. The molecule has 0 atom stereocenters.